The number of carbonyl (C=O) groups excluding carboxylic acids is 3. The second kappa shape index (κ2) is 12.9. The quantitative estimate of drug-likeness (QED) is 0.226. The molecule has 39 heavy (non-hydrogen) atoms. The second-order valence-corrected chi connectivity index (χ2v) is 8.99. The summed E-state index contributed by atoms with van der Waals surface area (Å²) in [6, 6.07) is 14.7. The molecule has 0 spiro atoms. The molecule has 2 aromatic rings. The van der Waals surface area contributed by atoms with E-state index < -0.39 is 6.09 Å². The Balaban J connectivity index is 1.56. The number of esters is 1. The van der Waals surface area contributed by atoms with Gasteiger partial charge in [-0.05, 0) is 41.8 Å². The van der Waals surface area contributed by atoms with E-state index in [-0.39, 0.29) is 24.3 Å². The van der Waals surface area contributed by atoms with Crippen LogP contribution in [0.4, 0.5) is 10.5 Å². The Bertz CT molecular complexity index is 1280. The van der Waals surface area contributed by atoms with Crippen molar-refractivity contribution in [3.8, 4) is 0 Å². The maximum atomic E-state index is 13.8. The van der Waals surface area contributed by atoms with Crippen LogP contribution in [0.3, 0.4) is 0 Å². The van der Waals surface area contributed by atoms with Crippen LogP contribution in [0.2, 0.25) is 0 Å². The van der Waals surface area contributed by atoms with E-state index in [4.69, 9.17) is 19.9 Å². The van der Waals surface area contributed by atoms with Crippen molar-refractivity contribution in [2.24, 2.45) is 10.7 Å². The van der Waals surface area contributed by atoms with Gasteiger partial charge in [-0.15, -0.1) is 0 Å². The zero-order chi connectivity index (χ0) is 27.8. The first-order valence-corrected chi connectivity index (χ1v) is 12.7. The van der Waals surface area contributed by atoms with Gasteiger partial charge in [0.25, 0.3) is 5.91 Å². The fraction of sp³-hybridized carbons (Fsp3) is 0.310. The Morgan fingerprint density at radius 3 is 2.44 bits per heavy atom. The first kappa shape index (κ1) is 27.6. The highest BCUT2D eigenvalue weighted by Gasteiger charge is 2.35. The van der Waals surface area contributed by atoms with Crippen LogP contribution >= 0.6 is 0 Å². The molecule has 0 aliphatic carbocycles. The highest BCUT2D eigenvalue weighted by atomic mass is 16.5. The van der Waals surface area contributed by atoms with Crippen molar-refractivity contribution in [3.63, 3.8) is 0 Å². The highest BCUT2D eigenvalue weighted by Crippen LogP contribution is 2.34. The second-order valence-electron chi connectivity index (χ2n) is 8.99. The van der Waals surface area contributed by atoms with E-state index in [9.17, 15) is 14.4 Å². The zero-order valence-electron chi connectivity index (χ0n) is 21.9. The molecular weight excluding hydrogens is 500 g/mol. The predicted molar refractivity (Wildman–Crippen MR) is 147 cm³/mol. The van der Waals surface area contributed by atoms with Crippen LogP contribution in [-0.2, 0) is 30.2 Å². The van der Waals surface area contributed by atoms with Crippen LogP contribution < -0.4 is 10.6 Å². The fourth-order valence-electron chi connectivity index (χ4n) is 4.47. The van der Waals surface area contributed by atoms with Gasteiger partial charge in [0.1, 0.15) is 12.4 Å². The monoisotopic (exact) mass is 532 g/mol. The smallest absolute Gasteiger partial charge is 0.435 e. The summed E-state index contributed by atoms with van der Waals surface area (Å²) in [7, 11) is 1.38. The van der Waals surface area contributed by atoms with Gasteiger partial charge in [0.2, 0.25) is 0 Å². The normalized spacial score (nSPS) is 15.9. The Hall–Kier alpha value is -4.44. The van der Waals surface area contributed by atoms with E-state index in [2.05, 4.69) is 16.5 Å². The van der Waals surface area contributed by atoms with E-state index in [1.807, 2.05) is 24.3 Å². The summed E-state index contributed by atoms with van der Waals surface area (Å²) < 4.78 is 15.1. The van der Waals surface area contributed by atoms with Crippen molar-refractivity contribution in [2.45, 2.75) is 12.8 Å². The molecule has 2 N–H and O–H groups in total. The zero-order valence-corrected chi connectivity index (χ0v) is 21.9. The molecule has 2 aliphatic rings. The number of benzene rings is 2. The minimum atomic E-state index is -0.800. The molecule has 2 amide bonds. The van der Waals surface area contributed by atoms with Crippen molar-refractivity contribution < 1.29 is 28.6 Å². The molecule has 2 heterocycles. The lowest BCUT2D eigenvalue weighted by Crippen LogP contribution is -2.37. The number of anilines is 1. The van der Waals surface area contributed by atoms with E-state index in [0.29, 0.717) is 62.5 Å². The predicted octanol–water partition coefficient (Wildman–Crippen LogP) is 2.91. The summed E-state index contributed by atoms with van der Waals surface area (Å²) in [6.07, 6.45) is 1.50. The SMILES string of the molecule is C=CCOC(=O)N=C(N)c1ccc(N2CC(N3CCOCC3)=C(c3ccc(CCC(=O)OC)cc3)C2=O)cc1. The van der Waals surface area contributed by atoms with Crippen LogP contribution in [0.15, 0.2) is 71.9 Å². The number of hydrogen-bond acceptors (Lipinski definition) is 7. The Morgan fingerprint density at radius 2 is 1.79 bits per heavy atom. The third kappa shape index (κ3) is 6.71. The molecule has 0 radical (unpaired) electrons. The molecule has 10 nitrogen and oxygen atoms in total. The van der Waals surface area contributed by atoms with Crippen LogP contribution in [0, 0.1) is 0 Å². The van der Waals surface area contributed by atoms with Crippen LogP contribution in [0.25, 0.3) is 5.57 Å². The van der Waals surface area contributed by atoms with E-state index in [0.717, 1.165) is 16.8 Å². The fourth-order valence-corrected chi connectivity index (χ4v) is 4.47. The van der Waals surface area contributed by atoms with Gasteiger partial charge in [-0.2, -0.15) is 4.99 Å². The molecule has 0 unspecified atom stereocenters. The lowest BCUT2D eigenvalue weighted by atomic mass is 10.0. The number of hydrogen-bond donors (Lipinski definition) is 1. The number of aliphatic imine (C=N–C) groups is 1. The van der Waals surface area contributed by atoms with Crippen molar-refractivity contribution in [3.05, 3.63) is 83.6 Å². The molecule has 0 saturated carbocycles. The number of amidine groups is 1. The minimum Gasteiger partial charge on any atom is -0.469 e. The summed E-state index contributed by atoms with van der Waals surface area (Å²) in [5.41, 5.74) is 10.6. The number of morpholine rings is 1. The van der Waals surface area contributed by atoms with Crippen LogP contribution in [0.1, 0.15) is 23.1 Å². The van der Waals surface area contributed by atoms with Gasteiger partial charge < -0.3 is 29.7 Å². The summed E-state index contributed by atoms with van der Waals surface area (Å²) in [4.78, 5) is 44.7. The Labute approximate surface area is 227 Å². The number of ether oxygens (including phenoxy) is 3. The molecule has 1 fully saturated rings. The molecule has 2 aliphatic heterocycles. The molecule has 0 aromatic heterocycles. The number of rotatable bonds is 9. The van der Waals surface area contributed by atoms with Crippen molar-refractivity contribution in [1.29, 1.82) is 0 Å². The number of nitrogens with zero attached hydrogens (tertiary/aromatic N) is 3. The van der Waals surface area contributed by atoms with Crippen molar-refractivity contribution >= 4 is 35.1 Å². The number of amides is 2. The topological polar surface area (TPSA) is 124 Å². The van der Waals surface area contributed by atoms with Crippen molar-refractivity contribution in [1.82, 2.24) is 4.90 Å². The maximum Gasteiger partial charge on any atom is 0.435 e. The molecule has 1 saturated heterocycles. The molecular formula is C29H32N4O6. The minimum absolute atomic E-state index is 0.0171. The van der Waals surface area contributed by atoms with Gasteiger partial charge in [-0.1, -0.05) is 36.9 Å². The average Bonchev–Trinajstić information content (AvgIpc) is 3.32. The van der Waals surface area contributed by atoms with E-state index >= 15 is 0 Å². The Morgan fingerprint density at radius 1 is 1.10 bits per heavy atom. The largest absolute Gasteiger partial charge is 0.469 e. The van der Waals surface area contributed by atoms with E-state index in [1.54, 1.807) is 29.2 Å². The van der Waals surface area contributed by atoms with Gasteiger partial charge in [0.15, 0.2) is 0 Å². The lowest BCUT2D eigenvalue weighted by Gasteiger charge is -2.30. The summed E-state index contributed by atoms with van der Waals surface area (Å²) >= 11 is 0. The van der Waals surface area contributed by atoms with Crippen LogP contribution in [0.5, 0.6) is 0 Å². The molecule has 0 atom stereocenters. The maximum absolute atomic E-state index is 13.8. The highest BCUT2D eigenvalue weighted by molar-refractivity contribution is 6.29. The van der Waals surface area contributed by atoms with Crippen molar-refractivity contribution in [2.75, 3.05) is 51.5 Å². The standard InChI is InChI=1S/C29H32N4O6/c1-3-16-39-29(36)31-27(30)22-9-11-23(12-10-22)33-19-24(32-14-17-38-18-15-32)26(28(33)35)21-7-4-20(5-8-21)6-13-25(34)37-2/h3-5,7-12H,1,6,13-19H2,2H3,(H2,30,31,36). The van der Waals surface area contributed by atoms with Crippen LogP contribution in [-0.4, -0.2) is 75.3 Å². The van der Waals surface area contributed by atoms with Gasteiger partial charge in [-0.25, -0.2) is 4.79 Å². The number of methoxy groups -OCH3 is 1. The molecule has 2 aromatic carbocycles. The summed E-state index contributed by atoms with van der Waals surface area (Å²) in [5.74, 6) is -0.352. The van der Waals surface area contributed by atoms with Gasteiger partial charge in [0.05, 0.1) is 32.4 Å². The Kier molecular flexibility index (Phi) is 9.11. The van der Waals surface area contributed by atoms with Gasteiger partial charge in [-0.3, -0.25) is 9.59 Å². The molecule has 4 rings (SSSR count). The number of aryl methyl sites for hydroxylation is 1. The summed E-state index contributed by atoms with van der Waals surface area (Å²) in [5, 5.41) is 0. The molecule has 0 bridgehead atoms. The average molecular weight is 533 g/mol. The summed E-state index contributed by atoms with van der Waals surface area (Å²) in [6.45, 7) is 6.54. The first-order chi connectivity index (χ1) is 18.9. The third-order valence-corrected chi connectivity index (χ3v) is 6.55. The number of carbonyl (C=O) groups is 3. The first-order valence-electron chi connectivity index (χ1n) is 12.7. The lowest BCUT2D eigenvalue weighted by molar-refractivity contribution is -0.140. The third-order valence-electron chi connectivity index (χ3n) is 6.55. The van der Waals surface area contributed by atoms with Gasteiger partial charge in [0, 0.05) is 36.5 Å². The number of nitrogens with two attached hydrogens (primary N) is 1. The van der Waals surface area contributed by atoms with Gasteiger partial charge >= 0.3 is 12.1 Å². The molecule has 10 heteroatoms. The molecule has 204 valence electrons. The van der Waals surface area contributed by atoms with E-state index in [1.165, 1.54) is 13.2 Å².